The second-order valence-corrected chi connectivity index (χ2v) is 7.98. The lowest BCUT2D eigenvalue weighted by atomic mass is 10.2. The van der Waals surface area contributed by atoms with Gasteiger partial charge in [-0.05, 0) is 43.7 Å². The van der Waals surface area contributed by atoms with E-state index >= 15 is 0 Å². The van der Waals surface area contributed by atoms with Crippen LogP contribution < -0.4 is 16.2 Å². The molecule has 0 radical (unpaired) electrons. The van der Waals surface area contributed by atoms with Crippen molar-refractivity contribution >= 4 is 46.2 Å². The number of hydrogen-bond acceptors (Lipinski definition) is 5. The van der Waals surface area contributed by atoms with E-state index in [1.54, 1.807) is 49.4 Å². The standard InChI is InChI=1S/C20H19ClN4O3S/c1-11-14(21)8-6-10-16(11)25-18(27)13-7-4-5-9-15(13)23-20(25)29-12(2)17(26)24-19(28)22-3/h4-10,12H,1-3H3,(H2,22,24,26,28)/t12-/m1/s1. The number of carbonyl (C=O) groups is 2. The largest absolute Gasteiger partial charge is 0.341 e. The molecule has 150 valence electrons. The highest BCUT2D eigenvalue weighted by atomic mass is 35.5. The van der Waals surface area contributed by atoms with E-state index in [9.17, 15) is 14.4 Å². The van der Waals surface area contributed by atoms with Gasteiger partial charge in [-0.15, -0.1) is 0 Å². The second-order valence-electron chi connectivity index (χ2n) is 6.26. The van der Waals surface area contributed by atoms with Crippen molar-refractivity contribution in [1.29, 1.82) is 0 Å². The highest BCUT2D eigenvalue weighted by Crippen LogP contribution is 2.28. The topological polar surface area (TPSA) is 93.1 Å². The summed E-state index contributed by atoms with van der Waals surface area (Å²) in [6.45, 7) is 3.45. The normalized spacial score (nSPS) is 11.9. The van der Waals surface area contributed by atoms with E-state index in [-0.39, 0.29) is 5.56 Å². The molecule has 3 aromatic rings. The summed E-state index contributed by atoms with van der Waals surface area (Å²) in [6.07, 6.45) is 0. The average molecular weight is 431 g/mol. The van der Waals surface area contributed by atoms with Gasteiger partial charge in [-0.25, -0.2) is 9.78 Å². The Kier molecular flexibility index (Phi) is 6.24. The first-order valence-electron chi connectivity index (χ1n) is 8.80. The van der Waals surface area contributed by atoms with Crippen molar-refractivity contribution in [3.63, 3.8) is 0 Å². The average Bonchev–Trinajstić information content (AvgIpc) is 2.70. The second kappa shape index (κ2) is 8.67. The van der Waals surface area contributed by atoms with Crippen molar-refractivity contribution in [3.05, 3.63) is 63.4 Å². The van der Waals surface area contributed by atoms with Gasteiger partial charge in [-0.3, -0.25) is 19.5 Å². The van der Waals surface area contributed by atoms with E-state index in [0.717, 1.165) is 17.3 Å². The van der Waals surface area contributed by atoms with Crippen LogP contribution in [0.2, 0.25) is 5.02 Å². The molecular weight excluding hydrogens is 412 g/mol. The Hall–Kier alpha value is -2.84. The number of imide groups is 1. The van der Waals surface area contributed by atoms with Crippen molar-refractivity contribution in [1.82, 2.24) is 20.2 Å². The zero-order valence-electron chi connectivity index (χ0n) is 16.0. The van der Waals surface area contributed by atoms with E-state index in [0.29, 0.717) is 26.8 Å². The number of amides is 3. The summed E-state index contributed by atoms with van der Waals surface area (Å²) in [5.41, 5.74) is 1.57. The van der Waals surface area contributed by atoms with Crippen LogP contribution in [-0.2, 0) is 4.79 Å². The molecule has 7 nitrogen and oxygen atoms in total. The highest BCUT2D eigenvalue weighted by Gasteiger charge is 2.22. The predicted molar refractivity (Wildman–Crippen MR) is 115 cm³/mol. The van der Waals surface area contributed by atoms with Crippen LogP contribution in [0.25, 0.3) is 16.6 Å². The van der Waals surface area contributed by atoms with Gasteiger partial charge in [0.05, 0.1) is 21.8 Å². The van der Waals surface area contributed by atoms with Crippen LogP contribution in [0.4, 0.5) is 4.79 Å². The molecule has 0 aliphatic carbocycles. The molecule has 2 N–H and O–H groups in total. The van der Waals surface area contributed by atoms with Crippen molar-refractivity contribution in [2.75, 3.05) is 7.05 Å². The van der Waals surface area contributed by atoms with Gasteiger partial charge in [0, 0.05) is 12.1 Å². The third-order valence-electron chi connectivity index (χ3n) is 4.34. The summed E-state index contributed by atoms with van der Waals surface area (Å²) in [5, 5.41) is 5.20. The molecule has 0 saturated carbocycles. The first-order chi connectivity index (χ1) is 13.8. The van der Waals surface area contributed by atoms with Crippen molar-refractivity contribution in [2.24, 2.45) is 0 Å². The number of hydrogen-bond donors (Lipinski definition) is 2. The van der Waals surface area contributed by atoms with Gasteiger partial charge >= 0.3 is 6.03 Å². The van der Waals surface area contributed by atoms with Crippen LogP contribution in [0.3, 0.4) is 0 Å². The van der Waals surface area contributed by atoms with Crippen LogP contribution in [0.15, 0.2) is 52.4 Å². The third kappa shape index (κ3) is 4.28. The number of nitrogens with zero attached hydrogens (tertiary/aromatic N) is 2. The summed E-state index contributed by atoms with van der Waals surface area (Å²) in [6, 6.07) is 11.7. The van der Waals surface area contributed by atoms with Crippen LogP contribution in [-0.4, -0.2) is 33.8 Å². The number of benzene rings is 2. The maximum atomic E-state index is 13.3. The van der Waals surface area contributed by atoms with E-state index in [4.69, 9.17) is 11.6 Å². The molecule has 9 heteroatoms. The van der Waals surface area contributed by atoms with Gasteiger partial charge in [-0.1, -0.05) is 41.6 Å². The number of para-hydroxylation sites is 1. The first-order valence-corrected chi connectivity index (χ1v) is 10.1. The summed E-state index contributed by atoms with van der Waals surface area (Å²) in [7, 11) is 1.42. The molecule has 3 rings (SSSR count). The van der Waals surface area contributed by atoms with E-state index in [1.807, 2.05) is 6.92 Å². The lowest BCUT2D eigenvalue weighted by Gasteiger charge is -2.18. The Morgan fingerprint density at radius 3 is 2.62 bits per heavy atom. The van der Waals surface area contributed by atoms with Gasteiger partial charge in [-0.2, -0.15) is 0 Å². The molecule has 1 heterocycles. The Labute approximate surface area is 176 Å². The lowest BCUT2D eigenvalue weighted by molar-refractivity contribution is -0.119. The molecule has 1 aromatic heterocycles. The van der Waals surface area contributed by atoms with Gasteiger partial charge < -0.3 is 5.32 Å². The zero-order valence-corrected chi connectivity index (χ0v) is 17.6. The summed E-state index contributed by atoms with van der Waals surface area (Å²) < 4.78 is 1.46. The quantitative estimate of drug-likeness (QED) is 0.489. The van der Waals surface area contributed by atoms with Gasteiger partial charge in [0.15, 0.2) is 5.16 Å². The number of aromatic nitrogens is 2. The van der Waals surface area contributed by atoms with Gasteiger partial charge in [0.2, 0.25) is 5.91 Å². The minimum Gasteiger partial charge on any atom is -0.341 e. The lowest BCUT2D eigenvalue weighted by Crippen LogP contribution is -2.41. The molecule has 0 aliphatic heterocycles. The monoisotopic (exact) mass is 430 g/mol. The zero-order chi connectivity index (χ0) is 21.1. The van der Waals surface area contributed by atoms with Crippen LogP contribution >= 0.6 is 23.4 Å². The number of rotatable bonds is 4. The van der Waals surface area contributed by atoms with E-state index in [1.165, 1.54) is 11.6 Å². The third-order valence-corrected chi connectivity index (χ3v) is 5.80. The van der Waals surface area contributed by atoms with Crippen LogP contribution in [0.1, 0.15) is 12.5 Å². The Bertz CT molecular complexity index is 1160. The first kappa shape index (κ1) is 20.9. The molecule has 0 spiro atoms. The fraction of sp³-hybridized carbons (Fsp3) is 0.200. The molecule has 0 fully saturated rings. The molecule has 3 amide bonds. The predicted octanol–water partition coefficient (Wildman–Crippen LogP) is 3.28. The number of urea groups is 1. The number of fused-ring (bicyclic) bond motifs is 1. The molecule has 0 bridgehead atoms. The SMILES string of the molecule is CNC(=O)NC(=O)[C@@H](C)Sc1nc2ccccc2c(=O)n1-c1cccc(Cl)c1C. The van der Waals surface area contributed by atoms with Crippen LogP contribution in [0.5, 0.6) is 0 Å². The maximum absolute atomic E-state index is 13.3. The number of thioether (sulfide) groups is 1. The molecule has 0 aliphatic rings. The molecular formula is C20H19ClN4O3S. The van der Waals surface area contributed by atoms with Crippen molar-refractivity contribution in [2.45, 2.75) is 24.3 Å². The summed E-state index contributed by atoms with van der Waals surface area (Å²) in [4.78, 5) is 41.6. The van der Waals surface area contributed by atoms with Crippen molar-refractivity contribution in [3.8, 4) is 5.69 Å². The minimum absolute atomic E-state index is 0.262. The number of halogens is 1. The molecule has 0 unspecified atom stereocenters. The van der Waals surface area contributed by atoms with Gasteiger partial charge in [0.25, 0.3) is 5.56 Å². The number of carbonyl (C=O) groups excluding carboxylic acids is 2. The van der Waals surface area contributed by atoms with E-state index in [2.05, 4.69) is 15.6 Å². The summed E-state index contributed by atoms with van der Waals surface area (Å²) in [5.74, 6) is -0.494. The maximum Gasteiger partial charge on any atom is 0.321 e. The fourth-order valence-electron chi connectivity index (χ4n) is 2.73. The molecule has 1 atom stereocenters. The van der Waals surface area contributed by atoms with Gasteiger partial charge in [0.1, 0.15) is 0 Å². The van der Waals surface area contributed by atoms with Crippen LogP contribution in [0, 0.1) is 6.92 Å². The highest BCUT2D eigenvalue weighted by molar-refractivity contribution is 8.00. The minimum atomic E-state index is -0.675. The molecule has 2 aromatic carbocycles. The summed E-state index contributed by atoms with van der Waals surface area (Å²) >= 11 is 7.35. The fourth-order valence-corrected chi connectivity index (χ4v) is 3.82. The van der Waals surface area contributed by atoms with Crippen molar-refractivity contribution < 1.29 is 9.59 Å². The smallest absolute Gasteiger partial charge is 0.321 e. The Morgan fingerprint density at radius 2 is 1.90 bits per heavy atom. The van der Waals surface area contributed by atoms with E-state index < -0.39 is 17.2 Å². The number of nitrogens with one attached hydrogen (secondary N) is 2. The Morgan fingerprint density at radius 1 is 1.17 bits per heavy atom. The Balaban J connectivity index is 2.15. The molecule has 0 saturated heterocycles. The molecule has 29 heavy (non-hydrogen) atoms.